The summed E-state index contributed by atoms with van der Waals surface area (Å²) in [5.41, 5.74) is -1.33. The summed E-state index contributed by atoms with van der Waals surface area (Å²) in [6.07, 6.45) is -1.51. The van der Waals surface area contributed by atoms with E-state index in [1.807, 2.05) is 0 Å². The third kappa shape index (κ3) is 4.45. The molecule has 0 saturated carbocycles. The van der Waals surface area contributed by atoms with E-state index in [0.29, 0.717) is 0 Å². The first-order valence-corrected chi connectivity index (χ1v) is 7.43. The van der Waals surface area contributed by atoms with Crippen LogP contribution in [0.1, 0.15) is 48.5 Å². The number of cyclic esters (lactones) is 1. The molecule has 0 spiro atoms. The molecule has 0 N–H and O–H groups in total. The Morgan fingerprint density at radius 1 is 1.05 bits per heavy atom. The summed E-state index contributed by atoms with van der Waals surface area (Å²) in [5.74, 6) is -1.85. The molecule has 3 atom stereocenters. The average molecular weight is 314 g/mol. The maximum Gasteiger partial charge on any atom is 0.313 e. The van der Waals surface area contributed by atoms with E-state index in [0.717, 1.165) is 0 Å². The Balaban J connectivity index is 2.74. The van der Waals surface area contributed by atoms with Crippen molar-refractivity contribution in [1.82, 2.24) is 0 Å². The summed E-state index contributed by atoms with van der Waals surface area (Å²) in [7, 11) is 0. The van der Waals surface area contributed by atoms with Gasteiger partial charge in [-0.1, -0.05) is 0 Å². The highest BCUT2D eigenvalue weighted by Gasteiger charge is 2.46. The van der Waals surface area contributed by atoms with Gasteiger partial charge in [0.05, 0.1) is 16.7 Å². The number of hydrogen-bond acceptors (Lipinski definition) is 6. The molecule has 1 heterocycles. The van der Waals surface area contributed by atoms with Crippen LogP contribution in [0.15, 0.2) is 0 Å². The lowest BCUT2D eigenvalue weighted by Crippen LogP contribution is -2.39. The van der Waals surface area contributed by atoms with Crippen molar-refractivity contribution in [2.45, 2.75) is 60.7 Å². The van der Waals surface area contributed by atoms with Crippen molar-refractivity contribution in [2.75, 3.05) is 6.61 Å². The first-order valence-electron chi connectivity index (χ1n) is 7.43. The molecule has 1 aliphatic heterocycles. The molecular weight excluding hydrogens is 288 g/mol. The van der Waals surface area contributed by atoms with Crippen molar-refractivity contribution in [3.8, 4) is 0 Å². The third-order valence-corrected chi connectivity index (χ3v) is 3.35. The second-order valence-electron chi connectivity index (χ2n) is 7.73. The van der Waals surface area contributed by atoms with E-state index in [9.17, 15) is 14.4 Å². The third-order valence-electron chi connectivity index (χ3n) is 3.35. The first kappa shape index (κ1) is 18.5. The molecule has 126 valence electrons. The standard InChI is InChI=1S/C16H26O6/c1-9-11(22-14(19)16(5,6)7)10(21-12(9)17)8-20-13(18)15(2,3)4/h9-11H,8H2,1-7H3/t9-,10+,11?/m0/s1. The van der Waals surface area contributed by atoms with E-state index in [4.69, 9.17) is 14.2 Å². The molecule has 0 aromatic carbocycles. The summed E-state index contributed by atoms with van der Waals surface area (Å²) < 4.78 is 15.8. The summed E-state index contributed by atoms with van der Waals surface area (Å²) in [4.78, 5) is 35.5. The van der Waals surface area contributed by atoms with Crippen LogP contribution < -0.4 is 0 Å². The topological polar surface area (TPSA) is 78.9 Å². The Morgan fingerprint density at radius 2 is 1.55 bits per heavy atom. The Morgan fingerprint density at radius 3 is 2.00 bits per heavy atom. The van der Waals surface area contributed by atoms with Crippen molar-refractivity contribution in [3.05, 3.63) is 0 Å². The minimum Gasteiger partial charge on any atom is -0.461 e. The predicted octanol–water partition coefficient (Wildman–Crippen LogP) is 2.10. The van der Waals surface area contributed by atoms with Gasteiger partial charge in [0.25, 0.3) is 0 Å². The van der Waals surface area contributed by atoms with Crippen LogP contribution in [0.25, 0.3) is 0 Å². The summed E-state index contributed by atoms with van der Waals surface area (Å²) in [5, 5.41) is 0. The SMILES string of the molecule is C[C@@H]1C(=O)O[C@H](COC(=O)C(C)(C)C)C1OC(=O)C(C)(C)C. The van der Waals surface area contributed by atoms with E-state index in [2.05, 4.69) is 0 Å². The zero-order valence-corrected chi connectivity index (χ0v) is 14.4. The first-order chi connectivity index (χ1) is 9.84. The molecule has 6 nitrogen and oxygen atoms in total. The van der Waals surface area contributed by atoms with Crippen LogP contribution in [0.2, 0.25) is 0 Å². The normalized spacial score (nSPS) is 25.6. The predicted molar refractivity (Wildman–Crippen MR) is 78.8 cm³/mol. The molecule has 1 fully saturated rings. The second-order valence-corrected chi connectivity index (χ2v) is 7.73. The molecule has 1 aliphatic rings. The van der Waals surface area contributed by atoms with Gasteiger partial charge in [-0.05, 0) is 48.5 Å². The van der Waals surface area contributed by atoms with E-state index in [1.165, 1.54) is 0 Å². The van der Waals surface area contributed by atoms with Gasteiger partial charge >= 0.3 is 17.9 Å². The molecule has 0 amide bonds. The smallest absolute Gasteiger partial charge is 0.313 e. The lowest BCUT2D eigenvalue weighted by atomic mass is 9.96. The number of esters is 3. The molecule has 6 heteroatoms. The number of hydrogen-bond donors (Lipinski definition) is 0. The molecule has 0 aromatic rings. The van der Waals surface area contributed by atoms with Crippen molar-refractivity contribution >= 4 is 17.9 Å². The Labute approximate surface area is 131 Å². The van der Waals surface area contributed by atoms with Gasteiger partial charge < -0.3 is 14.2 Å². The number of rotatable bonds is 3. The van der Waals surface area contributed by atoms with Crippen LogP contribution >= 0.6 is 0 Å². The zero-order chi connectivity index (χ0) is 17.3. The quantitative estimate of drug-likeness (QED) is 0.586. The van der Waals surface area contributed by atoms with Gasteiger partial charge in [0.2, 0.25) is 0 Å². The number of ether oxygens (including phenoxy) is 3. The van der Waals surface area contributed by atoms with Gasteiger partial charge in [-0.25, -0.2) is 0 Å². The maximum absolute atomic E-state index is 12.0. The van der Waals surface area contributed by atoms with Crippen LogP contribution in [0.4, 0.5) is 0 Å². The van der Waals surface area contributed by atoms with E-state index < -0.39 is 46.9 Å². The lowest BCUT2D eigenvalue weighted by Gasteiger charge is -2.25. The van der Waals surface area contributed by atoms with Crippen molar-refractivity contribution < 1.29 is 28.6 Å². The highest BCUT2D eigenvalue weighted by Crippen LogP contribution is 2.28. The van der Waals surface area contributed by atoms with Crippen LogP contribution in [0, 0.1) is 16.7 Å². The fourth-order valence-corrected chi connectivity index (χ4v) is 1.76. The lowest BCUT2D eigenvalue weighted by molar-refractivity contribution is -0.169. The van der Waals surface area contributed by atoms with Gasteiger partial charge in [0, 0.05) is 0 Å². The number of carbonyl (C=O) groups is 3. The largest absolute Gasteiger partial charge is 0.461 e. The highest BCUT2D eigenvalue weighted by molar-refractivity contribution is 5.79. The molecule has 0 aliphatic carbocycles. The minimum absolute atomic E-state index is 0.117. The molecule has 0 bridgehead atoms. The van der Waals surface area contributed by atoms with Crippen LogP contribution in [0.3, 0.4) is 0 Å². The van der Waals surface area contributed by atoms with Crippen molar-refractivity contribution in [2.24, 2.45) is 16.7 Å². The van der Waals surface area contributed by atoms with Gasteiger partial charge in [-0.2, -0.15) is 0 Å². The van der Waals surface area contributed by atoms with Gasteiger partial charge in [0.1, 0.15) is 6.61 Å². The highest BCUT2D eigenvalue weighted by atomic mass is 16.6. The monoisotopic (exact) mass is 314 g/mol. The van der Waals surface area contributed by atoms with Crippen LogP contribution in [-0.2, 0) is 28.6 Å². The summed E-state index contributed by atoms with van der Waals surface area (Å²) in [6.45, 7) is 11.9. The van der Waals surface area contributed by atoms with Gasteiger partial charge in [0.15, 0.2) is 12.2 Å². The van der Waals surface area contributed by atoms with Crippen LogP contribution in [-0.4, -0.2) is 36.7 Å². The maximum atomic E-state index is 12.0. The average Bonchev–Trinajstić information content (AvgIpc) is 2.61. The fraction of sp³-hybridized carbons (Fsp3) is 0.812. The Kier molecular flexibility index (Phi) is 5.25. The Bertz CT molecular complexity index is 454. The molecule has 22 heavy (non-hydrogen) atoms. The summed E-state index contributed by atoms with van der Waals surface area (Å²) >= 11 is 0. The molecule has 1 rings (SSSR count). The van der Waals surface area contributed by atoms with Gasteiger partial charge in [-0.3, -0.25) is 14.4 Å². The molecule has 1 saturated heterocycles. The van der Waals surface area contributed by atoms with E-state index >= 15 is 0 Å². The summed E-state index contributed by atoms with van der Waals surface area (Å²) in [6, 6.07) is 0. The van der Waals surface area contributed by atoms with E-state index in [1.54, 1.807) is 48.5 Å². The minimum atomic E-state index is -0.764. The van der Waals surface area contributed by atoms with Gasteiger partial charge in [-0.15, -0.1) is 0 Å². The molecule has 0 aromatic heterocycles. The number of carbonyl (C=O) groups excluding carboxylic acids is 3. The molecular formula is C16H26O6. The fourth-order valence-electron chi connectivity index (χ4n) is 1.76. The van der Waals surface area contributed by atoms with E-state index in [-0.39, 0.29) is 6.61 Å². The van der Waals surface area contributed by atoms with Crippen LogP contribution in [0.5, 0.6) is 0 Å². The molecule has 1 unspecified atom stereocenters. The zero-order valence-electron chi connectivity index (χ0n) is 14.4. The second kappa shape index (κ2) is 6.26. The molecule has 0 radical (unpaired) electrons. The Hall–Kier alpha value is -1.59. The van der Waals surface area contributed by atoms with Crippen molar-refractivity contribution in [1.29, 1.82) is 0 Å². The van der Waals surface area contributed by atoms with Crippen molar-refractivity contribution in [3.63, 3.8) is 0 Å².